The summed E-state index contributed by atoms with van der Waals surface area (Å²) >= 11 is 0. The van der Waals surface area contributed by atoms with Gasteiger partial charge in [0, 0.05) is 32.9 Å². The lowest BCUT2D eigenvalue weighted by molar-refractivity contribution is 0.0539. The molecule has 1 aromatic carbocycles. The highest BCUT2D eigenvalue weighted by molar-refractivity contribution is 6.10. The van der Waals surface area contributed by atoms with Crippen molar-refractivity contribution in [2.24, 2.45) is 50.2 Å². The molecule has 0 bridgehead atoms. The fraction of sp³-hybridized carbons (Fsp3) is 0.750. The maximum absolute atomic E-state index is 14.4. The van der Waals surface area contributed by atoms with Crippen LogP contribution in [0.2, 0.25) is 0 Å². The molecular formula is C36H54O3. The SMILES string of the molecule is C[C@H]1CC[C@@](C)(C(=O)c2cc(C(=O)[C@]3(C)CC[C@H](C)C3(C)C)cc(C(=O)[C@@]3(C)CC[C@H](C)C3(C)C)c2)C1(C)C. The molecule has 3 fully saturated rings. The largest absolute Gasteiger partial charge is 0.294 e. The molecule has 1 aromatic rings. The Balaban J connectivity index is 1.88. The van der Waals surface area contributed by atoms with Gasteiger partial charge in [-0.1, -0.05) is 83.1 Å². The summed E-state index contributed by atoms with van der Waals surface area (Å²) in [6.07, 6.45) is 5.50. The van der Waals surface area contributed by atoms with Gasteiger partial charge in [0.25, 0.3) is 0 Å². The van der Waals surface area contributed by atoms with Gasteiger partial charge in [-0.25, -0.2) is 0 Å². The first-order valence-corrected chi connectivity index (χ1v) is 15.5. The Morgan fingerprint density at radius 3 is 0.846 bits per heavy atom. The highest BCUT2D eigenvalue weighted by Crippen LogP contribution is 2.60. The van der Waals surface area contributed by atoms with Crippen LogP contribution in [0.1, 0.15) is 153 Å². The molecule has 0 unspecified atom stereocenters. The van der Waals surface area contributed by atoms with Crippen molar-refractivity contribution in [3.8, 4) is 0 Å². The number of ketones is 3. The van der Waals surface area contributed by atoms with Crippen LogP contribution in [0.25, 0.3) is 0 Å². The first kappa shape index (κ1) is 30.2. The molecule has 0 aliphatic heterocycles. The molecule has 3 heteroatoms. The van der Waals surface area contributed by atoms with Crippen molar-refractivity contribution >= 4 is 17.3 Å². The molecule has 3 aliphatic carbocycles. The van der Waals surface area contributed by atoms with Crippen molar-refractivity contribution in [3.05, 3.63) is 34.9 Å². The summed E-state index contributed by atoms with van der Waals surface area (Å²) in [6.45, 7) is 26.2. The average Bonchev–Trinajstić information content (AvgIpc) is 3.33. The number of benzene rings is 1. The molecule has 0 amide bonds. The van der Waals surface area contributed by atoms with E-state index in [-0.39, 0.29) is 33.6 Å². The van der Waals surface area contributed by atoms with E-state index in [0.717, 1.165) is 38.5 Å². The van der Waals surface area contributed by atoms with Crippen molar-refractivity contribution in [1.82, 2.24) is 0 Å². The summed E-state index contributed by atoms with van der Waals surface area (Å²) in [7, 11) is 0. The summed E-state index contributed by atoms with van der Waals surface area (Å²) in [5.74, 6) is 1.52. The smallest absolute Gasteiger partial charge is 0.169 e. The van der Waals surface area contributed by atoms with Crippen LogP contribution in [0.15, 0.2) is 18.2 Å². The van der Waals surface area contributed by atoms with Gasteiger partial charge >= 0.3 is 0 Å². The van der Waals surface area contributed by atoms with Gasteiger partial charge in [-0.3, -0.25) is 14.4 Å². The van der Waals surface area contributed by atoms with E-state index >= 15 is 0 Å². The van der Waals surface area contributed by atoms with E-state index in [1.165, 1.54) is 0 Å². The lowest BCUT2D eigenvalue weighted by atomic mass is 9.61. The molecule has 0 saturated heterocycles. The maximum atomic E-state index is 14.4. The molecule has 0 spiro atoms. The van der Waals surface area contributed by atoms with Crippen LogP contribution in [0.3, 0.4) is 0 Å². The van der Waals surface area contributed by atoms with Crippen molar-refractivity contribution < 1.29 is 14.4 Å². The third-order valence-electron chi connectivity index (χ3n) is 14.4. The standard InChI is InChI=1S/C36H54O3/c1-22-13-16-34(10,31(22,4)5)28(37)25-19-26(29(38)35(11)17-14-23(2)32(35,6)7)21-27(20-25)30(39)36(12)18-15-24(3)33(36,8)9/h19-24H,13-18H2,1-12H3/t22-,23-,24-,34-,35-,36+/m0/s1. The molecule has 0 radical (unpaired) electrons. The van der Waals surface area contributed by atoms with Crippen LogP contribution >= 0.6 is 0 Å². The summed E-state index contributed by atoms with van der Waals surface area (Å²) in [5, 5.41) is 0. The molecule has 216 valence electrons. The molecule has 3 aliphatic rings. The third-order valence-corrected chi connectivity index (χ3v) is 14.4. The minimum Gasteiger partial charge on any atom is -0.294 e. The second kappa shape index (κ2) is 9.12. The van der Waals surface area contributed by atoms with Gasteiger partial charge in [-0.2, -0.15) is 0 Å². The van der Waals surface area contributed by atoms with E-state index in [9.17, 15) is 14.4 Å². The van der Waals surface area contributed by atoms with Crippen LogP contribution in [0.4, 0.5) is 0 Å². The normalized spacial score (nSPS) is 38.6. The highest BCUT2D eigenvalue weighted by Gasteiger charge is 2.57. The zero-order valence-electron chi connectivity index (χ0n) is 26.9. The van der Waals surface area contributed by atoms with E-state index in [1.807, 2.05) is 18.2 Å². The van der Waals surface area contributed by atoms with E-state index in [0.29, 0.717) is 34.4 Å². The highest BCUT2D eigenvalue weighted by atomic mass is 16.1. The fourth-order valence-corrected chi connectivity index (χ4v) is 8.39. The van der Waals surface area contributed by atoms with Crippen LogP contribution in [0, 0.1) is 50.2 Å². The quantitative estimate of drug-likeness (QED) is 0.341. The van der Waals surface area contributed by atoms with E-state index < -0.39 is 16.2 Å². The molecule has 39 heavy (non-hydrogen) atoms. The number of carbonyl (C=O) groups is 3. The van der Waals surface area contributed by atoms with Crippen LogP contribution in [-0.4, -0.2) is 17.3 Å². The van der Waals surface area contributed by atoms with Gasteiger partial charge in [0.1, 0.15) is 0 Å². The predicted molar refractivity (Wildman–Crippen MR) is 160 cm³/mol. The maximum Gasteiger partial charge on any atom is 0.169 e. The minimum atomic E-state index is -0.537. The Hall–Kier alpha value is -1.77. The van der Waals surface area contributed by atoms with Gasteiger partial charge < -0.3 is 0 Å². The fourth-order valence-electron chi connectivity index (χ4n) is 8.39. The summed E-state index contributed by atoms with van der Waals surface area (Å²) < 4.78 is 0. The Morgan fingerprint density at radius 2 is 0.692 bits per heavy atom. The monoisotopic (exact) mass is 534 g/mol. The number of hydrogen-bond acceptors (Lipinski definition) is 3. The Morgan fingerprint density at radius 1 is 0.487 bits per heavy atom. The van der Waals surface area contributed by atoms with Gasteiger partial charge in [0.05, 0.1) is 0 Å². The minimum absolute atomic E-state index is 0.0777. The van der Waals surface area contributed by atoms with Gasteiger partial charge in [0.2, 0.25) is 0 Å². The topological polar surface area (TPSA) is 51.2 Å². The van der Waals surface area contributed by atoms with E-state index in [4.69, 9.17) is 0 Å². The number of hydrogen-bond donors (Lipinski definition) is 0. The van der Waals surface area contributed by atoms with Crippen molar-refractivity contribution in [2.75, 3.05) is 0 Å². The molecule has 3 saturated carbocycles. The first-order chi connectivity index (χ1) is 17.7. The van der Waals surface area contributed by atoms with Gasteiger partial charge in [-0.05, 0) is 90.7 Å². The average molecular weight is 535 g/mol. The second-order valence-electron chi connectivity index (χ2n) is 16.3. The molecular weight excluding hydrogens is 480 g/mol. The molecule has 6 atom stereocenters. The van der Waals surface area contributed by atoms with Gasteiger partial charge in [0.15, 0.2) is 17.3 Å². The first-order valence-electron chi connectivity index (χ1n) is 15.5. The second-order valence-corrected chi connectivity index (χ2v) is 16.3. The summed E-state index contributed by atoms with van der Waals surface area (Å²) in [4.78, 5) is 43.3. The number of rotatable bonds is 6. The zero-order chi connectivity index (χ0) is 29.6. The van der Waals surface area contributed by atoms with E-state index in [1.54, 1.807) is 0 Å². The van der Waals surface area contributed by atoms with Crippen LogP contribution < -0.4 is 0 Å². The summed E-state index contributed by atoms with van der Waals surface area (Å²) in [5.41, 5.74) is -0.510. The third kappa shape index (κ3) is 3.98. The molecule has 0 aromatic heterocycles. The van der Waals surface area contributed by atoms with Crippen LogP contribution in [-0.2, 0) is 0 Å². The van der Waals surface area contributed by atoms with Crippen LogP contribution in [0.5, 0.6) is 0 Å². The molecule has 3 nitrogen and oxygen atoms in total. The molecule has 0 N–H and O–H groups in total. The predicted octanol–water partition coefficient (Wildman–Crippen LogP) is 9.62. The van der Waals surface area contributed by atoms with Crippen molar-refractivity contribution in [3.63, 3.8) is 0 Å². The van der Waals surface area contributed by atoms with Crippen molar-refractivity contribution in [2.45, 2.75) is 122 Å². The Bertz CT molecular complexity index is 1040. The Kier molecular flexibility index (Phi) is 7.06. The molecule has 0 heterocycles. The van der Waals surface area contributed by atoms with E-state index in [2.05, 4.69) is 83.1 Å². The van der Waals surface area contributed by atoms with Crippen molar-refractivity contribution in [1.29, 1.82) is 0 Å². The zero-order valence-corrected chi connectivity index (χ0v) is 26.9. The lowest BCUT2D eigenvalue weighted by Crippen LogP contribution is -2.42. The lowest BCUT2D eigenvalue weighted by Gasteiger charge is -2.41. The Labute approximate surface area is 238 Å². The number of Topliss-reactive ketones (excluding diaryl/α,β-unsaturated/α-hetero) is 3. The number of carbonyl (C=O) groups excluding carboxylic acids is 3. The molecule has 4 rings (SSSR count). The van der Waals surface area contributed by atoms with Gasteiger partial charge in [-0.15, -0.1) is 0 Å². The summed E-state index contributed by atoms with van der Waals surface area (Å²) in [6, 6.07) is 5.50.